The maximum absolute atomic E-state index is 12.1. The third kappa shape index (κ3) is 5.97. The monoisotopic (exact) mass is 385 g/mol. The highest BCUT2D eigenvalue weighted by Gasteiger charge is 2.39. The van der Waals surface area contributed by atoms with Crippen molar-refractivity contribution in [3.63, 3.8) is 0 Å². The maximum atomic E-state index is 12.1. The van der Waals surface area contributed by atoms with Gasteiger partial charge in [0.15, 0.2) is 5.96 Å². The van der Waals surface area contributed by atoms with Gasteiger partial charge in [0, 0.05) is 52.1 Å². The van der Waals surface area contributed by atoms with E-state index in [0.29, 0.717) is 30.9 Å². The van der Waals surface area contributed by atoms with Crippen LogP contribution in [0.25, 0.3) is 0 Å². The van der Waals surface area contributed by atoms with Crippen LogP contribution in [-0.2, 0) is 16.0 Å². The highest BCUT2D eigenvalue weighted by atomic mass is 16.2. The van der Waals surface area contributed by atoms with Gasteiger partial charge in [0.05, 0.1) is 0 Å². The largest absolute Gasteiger partial charge is 0.356 e. The van der Waals surface area contributed by atoms with Gasteiger partial charge in [-0.25, -0.2) is 4.99 Å². The highest BCUT2D eigenvalue weighted by molar-refractivity contribution is 5.85. The van der Waals surface area contributed by atoms with Gasteiger partial charge in [-0.1, -0.05) is 30.3 Å². The summed E-state index contributed by atoms with van der Waals surface area (Å²) in [4.78, 5) is 32.0. The number of hydrogen-bond donors (Lipinski definition) is 2. The quantitative estimate of drug-likeness (QED) is 0.514. The Hall–Kier alpha value is -2.57. The summed E-state index contributed by atoms with van der Waals surface area (Å²) >= 11 is 0. The van der Waals surface area contributed by atoms with Crippen molar-refractivity contribution < 1.29 is 9.59 Å². The average Bonchev–Trinajstić information content (AvgIpc) is 3.46. The summed E-state index contributed by atoms with van der Waals surface area (Å²) in [5, 5.41) is 6.65. The Labute approximate surface area is 167 Å². The van der Waals surface area contributed by atoms with Gasteiger partial charge in [0.25, 0.3) is 0 Å². The fraction of sp³-hybridized carbons (Fsp3) is 0.571. The number of benzene rings is 1. The first-order valence-electron chi connectivity index (χ1n) is 10.1. The Bertz CT molecular complexity index is 700. The third-order valence-corrected chi connectivity index (χ3v) is 5.20. The van der Waals surface area contributed by atoms with Crippen molar-refractivity contribution in [2.24, 2.45) is 10.9 Å². The number of carbonyl (C=O) groups excluding carboxylic acids is 2. The van der Waals surface area contributed by atoms with Crippen LogP contribution in [0.5, 0.6) is 0 Å². The summed E-state index contributed by atoms with van der Waals surface area (Å²) in [5.74, 6) is 1.15. The van der Waals surface area contributed by atoms with Crippen LogP contribution in [0.15, 0.2) is 35.3 Å². The van der Waals surface area contributed by atoms with E-state index in [0.717, 1.165) is 32.4 Å². The summed E-state index contributed by atoms with van der Waals surface area (Å²) in [7, 11) is 3.45. The van der Waals surface area contributed by atoms with Gasteiger partial charge < -0.3 is 20.4 Å². The second-order valence-electron chi connectivity index (χ2n) is 7.84. The van der Waals surface area contributed by atoms with Crippen LogP contribution >= 0.6 is 0 Å². The number of hydrogen-bond acceptors (Lipinski definition) is 3. The van der Waals surface area contributed by atoms with E-state index in [1.807, 2.05) is 23.1 Å². The molecule has 1 aromatic rings. The van der Waals surface area contributed by atoms with Crippen LogP contribution in [0.4, 0.5) is 0 Å². The highest BCUT2D eigenvalue weighted by Crippen LogP contribution is 2.32. The minimum Gasteiger partial charge on any atom is -0.356 e. The van der Waals surface area contributed by atoms with E-state index in [4.69, 9.17) is 0 Å². The van der Waals surface area contributed by atoms with E-state index in [1.165, 1.54) is 10.5 Å². The van der Waals surface area contributed by atoms with E-state index >= 15 is 0 Å². The van der Waals surface area contributed by atoms with Crippen LogP contribution in [0, 0.1) is 5.92 Å². The van der Waals surface area contributed by atoms with Crippen LogP contribution < -0.4 is 10.6 Å². The smallest absolute Gasteiger partial charge is 0.243 e. The standard InChI is InChI=1S/C21H31N5O2/c1-25(2)20(28)14-24-21(22-11-10-16-6-4-3-5-7-16)23-13-17-12-19(27)26(15-17)18-8-9-18/h3-7,17-18H,8-15H2,1-2H3,(H2,22,23,24). The number of likely N-dealkylation sites (tertiary alicyclic amines) is 1. The first-order chi connectivity index (χ1) is 13.5. The van der Waals surface area contributed by atoms with Gasteiger partial charge in [-0.3, -0.25) is 9.59 Å². The minimum atomic E-state index is -0.0416. The topological polar surface area (TPSA) is 77.0 Å². The molecule has 0 aromatic heterocycles. The van der Waals surface area contributed by atoms with Gasteiger partial charge in [0.1, 0.15) is 6.54 Å². The Morgan fingerprint density at radius 3 is 2.64 bits per heavy atom. The van der Waals surface area contributed by atoms with E-state index in [-0.39, 0.29) is 18.4 Å². The predicted octanol–water partition coefficient (Wildman–Crippen LogP) is 0.863. The number of carbonyl (C=O) groups is 2. The number of aliphatic imine (C=N–C) groups is 1. The van der Waals surface area contributed by atoms with Crippen molar-refractivity contribution in [3.8, 4) is 0 Å². The first-order valence-corrected chi connectivity index (χ1v) is 10.1. The molecule has 1 aliphatic heterocycles. The van der Waals surface area contributed by atoms with Crippen molar-refractivity contribution in [2.45, 2.75) is 31.7 Å². The van der Waals surface area contributed by atoms with Crippen molar-refractivity contribution in [1.29, 1.82) is 0 Å². The molecule has 1 heterocycles. The molecule has 0 radical (unpaired) electrons. The lowest BCUT2D eigenvalue weighted by molar-refractivity contribution is -0.128. The molecule has 7 heteroatoms. The predicted molar refractivity (Wildman–Crippen MR) is 110 cm³/mol. The molecule has 2 amide bonds. The second-order valence-corrected chi connectivity index (χ2v) is 7.84. The zero-order valence-corrected chi connectivity index (χ0v) is 16.9. The summed E-state index contributed by atoms with van der Waals surface area (Å²) in [6, 6.07) is 10.7. The van der Waals surface area contributed by atoms with Crippen molar-refractivity contribution in [1.82, 2.24) is 20.4 Å². The van der Waals surface area contributed by atoms with E-state index in [9.17, 15) is 9.59 Å². The average molecular weight is 386 g/mol. The fourth-order valence-corrected chi connectivity index (χ4v) is 3.36. The zero-order chi connectivity index (χ0) is 19.9. The molecule has 152 valence electrons. The molecule has 3 rings (SSSR count). The molecule has 2 N–H and O–H groups in total. The lowest BCUT2D eigenvalue weighted by atomic mass is 10.1. The van der Waals surface area contributed by atoms with Crippen LogP contribution in [0.1, 0.15) is 24.8 Å². The molecule has 2 aliphatic rings. The number of amides is 2. The molecular weight excluding hydrogens is 354 g/mol. The van der Waals surface area contributed by atoms with Crippen molar-refractivity contribution in [3.05, 3.63) is 35.9 Å². The molecule has 7 nitrogen and oxygen atoms in total. The maximum Gasteiger partial charge on any atom is 0.243 e. The summed E-state index contributed by atoms with van der Waals surface area (Å²) in [6.07, 6.45) is 3.76. The number of guanidine groups is 1. The van der Waals surface area contributed by atoms with Crippen LogP contribution in [0.2, 0.25) is 0 Å². The molecule has 1 atom stereocenters. The molecule has 1 aromatic carbocycles. The molecule has 28 heavy (non-hydrogen) atoms. The first kappa shape index (κ1) is 20.2. The Morgan fingerprint density at radius 1 is 1.21 bits per heavy atom. The van der Waals surface area contributed by atoms with Crippen molar-refractivity contribution in [2.75, 3.05) is 40.3 Å². The van der Waals surface area contributed by atoms with E-state index in [2.05, 4.69) is 27.8 Å². The minimum absolute atomic E-state index is 0.0416. The summed E-state index contributed by atoms with van der Waals surface area (Å²) in [5.41, 5.74) is 1.25. The van der Waals surface area contributed by atoms with Gasteiger partial charge in [-0.15, -0.1) is 0 Å². The number of likely N-dealkylation sites (N-methyl/N-ethyl adjacent to an activating group) is 1. The van der Waals surface area contributed by atoms with Crippen molar-refractivity contribution >= 4 is 17.8 Å². The molecular formula is C21H31N5O2. The van der Waals surface area contributed by atoms with Gasteiger partial charge in [0.2, 0.25) is 11.8 Å². The van der Waals surface area contributed by atoms with Gasteiger partial charge in [-0.05, 0) is 24.8 Å². The normalized spacial score (nSPS) is 19.6. The molecule has 1 unspecified atom stereocenters. The van der Waals surface area contributed by atoms with E-state index in [1.54, 1.807) is 14.1 Å². The summed E-state index contributed by atoms with van der Waals surface area (Å²) < 4.78 is 0. The summed E-state index contributed by atoms with van der Waals surface area (Å²) in [6.45, 7) is 2.34. The number of nitrogens with zero attached hydrogens (tertiary/aromatic N) is 3. The molecule has 1 saturated carbocycles. The fourth-order valence-electron chi connectivity index (χ4n) is 3.36. The Morgan fingerprint density at radius 2 is 1.96 bits per heavy atom. The zero-order valence-electron chi connectivity index (χ0n) is 16.9. The Balaban J connectivity index is 1.50. The number of nitrogens with one attached hydrogen (secondary N) is 2. The molecule has 0 spiro atoms. The van der Waals surface area contributed by atoms with E-state index < -0.39 is 0 Å². The van der Waals surface area contributed by atoms with Gasteiger partial charge in [-0.2, -0.15) is 0 Å². The Kier molecular flexibility index (Phi) is 6.90. The SMILES string of the molecule is CN(C)C(=O)CN=C(NCCc1ccccc1)NCC1CC(=O)N(C2CC2)C1. The molecule has 1 saturated heterocycles. The van der Waals surface area contributed by atoms with Gasteiger partial charge >= 0.3 is 0 Å². The molecule has 2 fully saturated rings. The lowest BCUT2D eigenvalue weighted by Gasteiger charge is -2.18. The van der Waals surface area contributed by atoms with Crippen LogP contribution in [0.3, 0.4) is 0 Å². The molecule has 0 bridgehead atoms. The lowest BCUT2D eigenvalue weighted by Crippen LogP contribution is -2.42. The number of rotatable bonds is 8. The second kappa shape index (κ2) is 9.57. The van der Waals surface area contributed by atoms with Crippen LogP contribution in [-0.4, -0.2) is 73.9 Å². The third-order valence-electron chi connectivity index (χ3n) is 5.20. The molecule has 1 aliphatic carbocycles.